The van der Waals surface area contributed by atoms with Gasteiger partial charge in [0.25, 0.3) is 0 Å². The first-order chi connectivity index (χ1) is 7.58. The zero-order valence-corrected chi connectivity index (χ0v) is 11.1. The number of carbonyl (C=O) groups is 1. The maximum Gasteiger partial charge on any atom is 0.226 e. The summed E-state index contributed by atoms with van der Waals surface area (Å²) in [4.78, 5) is 13.5. The van der Waals surface area contributed by atoms with Crippen molar-refractivity contribution in [2.75, 3.05) is 13.1 Å². The minimum Gasteiger partial charge on any atom is -0.343 e. The summed E-state index contributed by atoms with van der Waals surface area (Å²) in [6.07, 6.45) is 0.256. The predicted octanol–water partition coefficient (Wildman–Crippen LogP) is 3.00. The second-order valence-electron chi connectivity index (χ2n) is 3.49. The normalized spacial score (nSPS) is 10.2. The van der Waals surface area contributed by atoms with E-state index in [1.807, 2.05) is 13.8 Å². The average molecular weight is 288 g/mol. The third-order valence-electron chi connectivity index (χ3n) is 2.46. The molecule has 2 nitrogen and oxygen atoms in total. The van der Waals surface area contributed by atoms with E-state index in [0.717, 1.165) is 0 Å². The Kier molecular flexibility index (Phi) is 4.93. The average Bonchev–Trinajstić information content (AvgIpc) is 2.25. The van der Waals surface area contributed by atoms with E-state index in [9.17, 15) is 9.18 Å². The van der Waals surface area contributed by atoms with Gasteiger partial charge in [0.1, 0.15) is 5.82 Å². The zero-order valence-electron chi connectivity index (χ0n) is 9.46. The van der Waals surface area contributed by atoms with Gasteiger partial charge < -0.3 is 4.90 Å². The Morgan fingerprint density at radius 2 is 2.00 bits per heavy atom. The van der Waals surface area contributed by atoms with Crippen molar-refractivity contribution >= 4 is 21.8 Å². The fraction of sp³-hybridized carbons (Fsp3) is 0.417. The molecule has 0 bridgehead atoms. The summed E-state index contributed by atoms with van der Waals surface area (Å²) < 4.78 is 13.6. The fourth-order valence-electron chi connectivity index (χ4n) is 1.51. The van der Waals surface area contributed by atoms with Crippen LogP contribution < -0.4 is 0 Å². The molecular weight excluding hydrogens is 273 g/mol. The van der Waals surface area contributed by atoms with E-state index < -0.39 is 0 Å². The summed E-state index contributed by atoms with van der Waals surface area (Å²) in [6, 6.07) is 4.78. The van der Waals surface area contributed by atoms with Crippen LogP contribution in [0.3, 0.4) is 0 Å². The largest absolute Gasteiger partial charge is 0.343 e. The Balaban J connectivity index is 2.73. The second-order valence-corrected chi connectivity index (χ2v) is 4.35. The third kappa shape index (κ3) is 3.30. The van der Waals surface area contributed by atoms with Gasteiger partial charge in [-0.3, -0.25) is 4.79 Å². The van der Waals surface area contributed by atoms with Gasteiger partial charge in [0.15, 0.2) is 0 Å². The molecule has 0 saturated carbocycles. The lowest BCUT2D eigenvalue weighted by atomic mass is 10.1. The molecule has 1 amide bonds. The van der Waals surface area contributed by atoms with Gasteiger partial charge in [-0.25, -0.2) is 4.39 Å². The highest BCUT2D eigenvalue weighted by molar-refractivity contribution is 9.10. The minimum atomic E-state index is -0.329. The molecule has 1 aromatic rings. The predicted molar refractivity (Wildman–Crippen MR) is 65.7 cm³/mol. The Morgan fingerprint density at radius 1 is 1.38 bits per heavy atom. The van der Waals surface area contributed by atoms with Crippen LogP contribution in [0.1, 0.15) is 19.4 Å². The van der Waals surface area contributed by atoms with Crippen LogP contribution in [0.15, 0.2) is 22.7 Å². The lowest BCUT2D eigenvalue weighted by Crippen LogP contribution is -2.31. The van der Waals surface area contributed by atoms with Crippen molar-refractivity contribution in [3.05, 3.63) is 34.1 Å². The Bertz CT molecular complexity index is 377. The molecule has 0 saturated heterocycles. The highest BCUT2D eigenvalue weighted by Gasteiger charge is 2.11. The minimum absolute atomic E-state index is 0.0340. The SMILES string of the molecule is CCN(CC)C(=O)Cc1ccc(Br)c(F)c1. The molecule has 0 atom stereocenters. The summed E-state index contributed by atoms with van der Waals surface area (Å²) in [5.74, 6) is -0.295. The number of carbonyl (C=O) groups excluding carboxylic acids is 1. The van der Waals surface area contributed by atoms with Crippen LogP contribution in [0.2, 0.25) is 0 Å². The van der Waals surface area contributed by atoms with E-state index in [-0.39, 0.29) is 18.1 Å². The van der Waals surface area contributed by atoms with Crippen molar-refractivity contribution < 1.29 is 9.18 Å². The van der Waals surface area contributed by atoms with Crippen LogP contribution in [0.5, 0.6) is 0 Å². The maximum atomic E-state index is 13.2. The number of rotatable bonds is 4. The van der Waals surface area contributed by atoms with Gasteiger partial charge in [-0.1, -0.05) is 6.07 Å². The van der Waals surface area contributed by atoms with Crippen LogP contribution >= 0.6 is 15.9 Å². The number of halogens is 2. The first-order valence-corrected chi connectivity index (χ1v) is 6.09. The molecule has 0 spiro atoms. The van der Waals surface area contributed by atoms with Crippen molar-refractivity contribution in [1.82, 2.24) is 4.90 Å². The first-order valence-electron chi connectivity index (χ1n) is 5.30. The van der Waals surface area contributed by atoms with Crippen LogP contribution in [-0.4, -0.2) is 23.9 Å². The van der Waals surface area contributed by atoms with Crippen molar-refractivity contribution in [1.29, 1.82) is 0 Å². The Labute approximate surface area is 104 Å². The van der Waals surface area contributed by atoms with Gasteiger partial charge in [-0.2, -0.15) is 0 Å². The van der Waals surface area contributed by atoms with Gasteiger partial charge >= 0.3 is 0 Å². The highest BCUT2D eigenvalue weighted by Crippen LogP contribution is 2.17. The third-order valence-corrected chi connectivity index (χ3v) is 3.10. The van der Waals surface area contributed by atoms with Crippen LogP contribution in [0.4, 0.5) is 4.39 Å². The molecule has 0 unspecified atom stereocenters. The molecule has 0 fully saturated rings. The molecule has 0 heterocycles. The Hall–Kier alpha value is -0.900. The summed E-state index contributed by atoms with van der Waals surface area (Å²) >= 11 is 3.08. The van der Waals surface area contributed by atoms with Crippen LogP contribution in [-0.2, 0) is 11.2 Å². The van der Waals surface area contributed by atoms with Gasteiger partial charge in [0, 0.05) is 13.1 Å². The first kappa shape index (κ1) is 13.2. The second kappa shape index (κ2) is 5.99. The molecular formula is C12H15BrFNO. The maximum absolute atomic E-state index is 13.2. The van der Waals surface area contributed by atoms with Gasteiger partial charge in [-0.15, -0.1) is 0 Å². The van der Waals surface area contributed by atoms with Gasteiger partial charge in [0.2, 0.25) is 5.91 Å². The van der Waals surface area contributed by atoms with Crippen LogP contribution in [0.25, 0.3) is 0 Å². The molecule has 1 rings (SSSR count). The number of hydrogen-bond acceptors (Lipinski definition) is 1. The van der Waals surface area contributed by atoms with E-state index in [1.165, 1.54) is 6.07 Å². The molecule has 0 aromatic heterocycles. The number of amides is 1. The van der Waals surface area contributed by atoms with Crippen molar-refractivity contribution in [2.45, 2.75) is 20.3 Å². The number of benzene rings is 1. The van der Waals surface area contributed by atoms with Crippen molar-refractivity contribution in [2.24, 2.45) is 0 Å². The van der Waals surface area contributed by atoms with E-state index in [2.05, 4.69) is 15.9 Å². The van der Waals surface area contributed by atoms with E-state index in [0.29, 0.717) is 23.1 Å². The van der Waals surface area contributed by atoms with E-state index >= 15 is 0 Å². The molecule has 0 aliphatic heterocycles. The molecule has 0 radical (unpaired) electrons. The quantitative estimate of drug-likeness (QED) is 0.834. The molecule has 0 aliphatic carbocycles. The molecule has 4 heteroatoms. The zero-order chi connectivity index (χ0) is 12.1. The van der Waals surface area contributed by atoms with E-state index in [1.54, 1.807) is 17.0 Å². The van der Waals surface area contributed by atoms with Crippen molar-refractivity contribution in [3.63, 3.8) is 0 Å². The molecule has 88 valence electrons. The molecule has 0 N–H and O–H groups in total. The number of nitrogens with zero attached hydrogens (tertiary/aromatic N) is 1. The van der Waals surface area contributed by atoms with Crippen molar-refractivity contribution in [3.8, 4) is 0 Å². The fourth-order valence-corrected chi connectivity index (χ4v) is 1.76. The summed E-state index contributed by atoms with van der Waals surface area (Å²) in [5.41, 5.74) is 0.706. The lowest BCUT2D eigenvalue weighted by molar-refractivity contribution is -0.130. The van der Waals surface area contributed by atoms with Gasteiger partial charge in [-0.05, 0) is 47.5 Å². The van der Waals surface area contributed by atoms with Crippen LogP contribution in [0, 0.1) is 5.82 Å². The summed E-state index contributed by atoms with van der Waals surface area (Å²) in [7, 11) is 0. The molecule has 16 heavy (non-hydrogen) atoms. The molecule has 1 aromatic carbocycles. The number of hydrogen-bond donors (Lipinski definition) is 0. The number of likely N-dealkylation sites (N-methyl/N-ethyl adjacent to an activating group) is 1. The summed E-state index contributed by atoms with van der Waals surface area (Å²) in [5, 5.41) is 0. The standard InChI is InChI=1S/C12H15BrFNO/c1-3-15(4-2)12(16)8-9-5-6-10(13)11(14)7-9/h5-7H,3-4,8H2,1-2H3. The molecule has 0 aliphatic rings. The Morgan fingerprint density at radius 3 is 2.50 bits per heavy atom. The topological polar surface area (TPSA) is 20.3 Å². The van der Waals surface area contributed by atoms with E-state index in [4.69, 9.17) is 0 Å². The van der Waals surface area contributed by atoms with Gasteiger partial charge in [0.05, 0.1) is 10.9 Å². The monoisotopic (exact) mass is 287 g/mol. The smallest absolute Gasteiger partial charge is 0.226 e. The highest BCUT2D eigenvalue weighted by atomic mass is 79.9. The lowest BCUT2D eigenvalue weighted by Gasteiger charge is -2.18. The summed E-state index contributed by atoms with van der Waals surface area (Å²) in [6.45, 7) is 5.25.